The van der Waals surface area contributed by atoms with Crippen LogP contribution in [0.5, 0.6) is 0 Å². The number of nitrogens with one attached hydrogen (secondary N) is 1. The first-order valence-electron chi connectivity index (χ1n) is 14.4. The van der Waals surface area contributed by atoms with Crippen LogP contribution in [0.1, 0.15) is 83.4 Å². The van der Waals surface area contributed by atoms with E-state index in [9.17, 15) is 5.11 Å². The van der Waals surface area contributed by atoms with Gasteiger partial charge in [-0.1, -0.05) is 61.0 Å². The molecule has 3 saturated carbocycles. The van der Waals surface area contributed by atoms with Crippen molar-refractivity contribution in [2.24, 2.45) is 34.5 Å². The van der Waals surface area contributed by atoms with Gasteiger partial charge in [-0.2, -0.15) is 0 Å². The molecule has 36 heavy (non-hydrogen) atoms. The van der Waals surface area contributed by atoms with Crippen LogP contribution in [0.4, 0.5) is 0 Å². The lowest BCUT2D eigenvalue weighted by molar-refractivity contribution is -0.0536. The number of rotatable bonds is 6. The second-order valence-electron chi connectivity index (χ2n) is 12.9. The third kappa shape index (κ3) is 4.16. The van der Waals surface area contributed by atoms with Crippen molar-refractivity contribution >= 4 is 0 Å². The second kappa shape index (κ2) is 9.40. The third-order valence-electron chi connectivity index (χ3n) is 11.1. The number of aliphatic hydroxyl groups is 1. The monoisotopic (exact) mass is 488 g/mol. The molecule has 3 fully saturated rings. The van der Waals surface area contributed by atoms with Crippen LogP contribution in [0.3, 0.4) is 0 Å². The molecule has 1 heterocycles. The number of aliphatic hydroxyl groups excluding tert-OH is 1. The average Bonchev–Trinajstić information content (AvgIpc) is 3.47. The molecule has 1 aromatic heterocycles. The molecule has 4 aliphatic rings. The lowest BCUT2D eigenvalue weighted by Gasteiger charge is -2.58. The summed E-state index contributed by atoms with van der Waals surface area (Å²) >= 11 is 0. The minimum absolute atomic E-state index is 0.113. The van der Waals surface area contributed by atoms with E-state index in [0.717, 1.165) is 49.4 Å². The Morgan fingerprint density at radius 3 is 2.75 bits per heavy atom. The summed E-state index contributed by atoms with van der Waals surface area (Å²) in [6, 6.07) is 10.9. The Morgan fingerprint density at radius 1 is 1.08 bits per heavy atom. The molecule has 2 N–H and O–H groups in total. The number of hydrogen-bond acceptors (Lipinski definition) is 4. The van der Waals surface area contributed by atoms with Gasteiger partial charge in [0.25, 0.3) is 0 Å². The molecular formula is C31H44N4O. The van der Waals surface area contributed by atoms with E-state index in [1.54, 1.807) is 5.57 Å². The predicted molar refractivity (Wildman–Crippen MR) is 143 cm³/mol. The van der Waals surface area contributed by atoms with Crippen LogP contribution < -0.4 is 5.32 Å². The largest absolute Gasteiger partial charge is 0.393 e. The molecule has 0 spiro atoms. The van der Waals surface area contributed by atoms with Crippen LogP contribution in [0, 0.1) is 34.5 Å². The molecule has 0 unspecified atom stereocenters. The molecule has 0 aliphatic heterocycles. The third-order valence-corrected chi connectivity index (χ3v) is 11.1. The van der Waals surface area contributed by atoms with Crippen molar-refractivity contribution in [1.29, 1.82) is 0 Å². The Labute approximate surface area is 216 Å². The summed E-state index contributed by atoms with van der Waals surface area (Å²) in [5.74, 6) is 3.18. The van der Waals surface area contributed by atoms with E-state index in [1.165, 1.54) is 44.1 Å². The van der Waals surface area contributed by atoms with Gasteiger partial charge in [-0.15, -0.1) is 5.10 Å². The van der Waals surface area contributed by atoms with Crippen LogP contribution in [0.15, 0.2) is 48.2 Å². The van der Waals surface area contributed by atoms with Crippen LogP contribution in [0.2, 0.25) is 0 Å². The molecule has 0 saturated heterocycles. The maximum Gasteiger partial charge on any atom is 0.0965 e. The van der Waals surface area contributed by atoms with Gasteiger partial charge in [0.2, 0.25) is 0 Å². The van der Waals surface area contributed by atoms with Crippen molar-refractivity contribution in [3.63, 3.8) is 0 Å². The van der Waals surface area contributed by atoms with Gasteiger partial charge in [0.05, 0.1) is 24.5 Å². The van der Waals surface area contributed by atoms with E-state index in [-0.39, 0.29) is 6.10 Å². The van der Waals surface area contributed by atoms with E-state index in [1.807, 2.05) is 10.7 Å². The van der Waals surface area contributed by atoms with E-state index in [0.29, 0.717) is 22.8 Å². The van der Waals surface area contributed by atoms with Gasteiger partial charge in [0, 0.05) is 12.6 Å². The highest BCUT2D eigenvalue weighted by Gasteiger charge is 2.59. The average molecular weight is 489 g/mol. The summed E-state index contributed by atoms with van der Waals surface area (Å²) in [5.41, 5.74) is 4.61. The molecule has 4 aliphatic carbocycles. The number of benzene rings is 1. The fourth-order valence-corrected chi connectivity index (χ4v) is 9.18. The Kier molecular flexibility index (Phi) is 6.36. The molecule has 5 heteroatoms. The highest BCUT2D eigenvalue weighted by atomic mass is 16.3. The minimum atomic E-state index is -0.113. The number of aromatic nitrogens is 3. The van der Waals surface area contributed by atoms with Crippen LogP contribution in [0.25, 0.3) is 0 Å². The van der Waals surface area contributed by atoms with Gasteiger partial charge in [0.15, 0.2) is 0 Å². The van der Waals surface area contributed by atoms with Crippen molar-refractivity contribution in [1.82, 2.24) is 20.3 Å². The normalized spacial score (nSPS) is 38.6. The molecule has 2 aromatic rings. The smallest absolute Gasteiger partial charge is 0.0965 e. The Morgan fingerprint density at radius 2 is 1.92 bits per heavy atom. The van der Waals surface area contributed by atoms with Crippen molar-refractivity contribution < 1.29 is 5.11 Å². The number of hydrogen-bond donors (Lipinski definition) is 2. The Hall–Kier alpha value is -1.98. The van der Waals surface area contributed by atoms with Crippen molar-refractivity contribution in [2.45, 2.75) is 97.4 Å². The summed E-state index contributed by atoms with van der Waals surface area (Å²) in [6.07, 6.45) is 14.3. The van der Waals surface area contributed by atoms with Crippen molar-refractivity contribution in [2.75, 3.05) is 0 Å². The van der Waals surface area contributed by atoms with Gasteiger partial charge < -0.3 is 10.4 Å². The van der Waals surface area contributed by atoms with E-state index in [4.69, 9.17) is 0 Å². The molecule has 0 amide bonds. The zero-order valence-electron chi connectivity index (χ0n) is 22.4. The van der Waals surface area contributed by atoms with Crippen molar-refractivity contribution in [3.05, 3.63) is 59.4 Å². The number of nitrogens with zero attached hydrogens (tertiary/aromatic N) is 3. The van der Waals surface area contributed by atoms with Crippen molar-refractivity contribution in [3.8, 4) is 0 Å². The Bertz CT molecular complexity index is 1100. The zero-order chi connectivity index (χ0) is 24.9. The quantitative estimate of drug-likeness (QED) is 0.509. The van der Waals surface area contributed by atoms with Gasteiger partial charge in [-0.3, -0.25) is 0 Å². The van der Waals surface area contributed by atoms with Gasteiger partial charge in [0.1, 0.15) is 0 Å². The summed E-state index contributed by atoms with van der Waals surface area (Å²) in [4.78, 5) is 0. The first-order valence-corrected chi connectivity index (χ1v) is 14.4. The van der Waals surface area contributed by atoms with E-state index in [2.05, 4.69) is 72.9 Å². The topological polar surface area (TPSA) is 63.0 Å². The molecular weight excluding hydrogens is 444 g/mol. The van der Waals surface area contributed by atoms with Gasteiger partial charge >= 0.3 is 0 Å². The molecule has 194 valence electrons. The van der Waals surface area contributed by atoms with E-state index < -0.39 is 0 Å². The van der Waals surface area contributed by atoms with Crippen LogP contribution >= 0.6 is 0 Å². The van der Waals surface area contributed by atoms with Gasteiger partial charge in [-0.05, 0) is 98.4 Å². The van der Waals surface area contributed by atoms with Crippen LogP contribution in [-0.2, 0) is 13.1 Å². The predicted octanol–water partition coefficient (Wildman–Crippen LogP) is 5.74. The molecule has 0 bridgehead atoms. The summed E-state index contributed by atoms with van der Waals surface area (Å²) in [5, 5.41) is 22.9. The standard InChI is InChI=1S/C31H44N4O/c1-21(32-18-24-20-35(34-33-24)19-22-7-5-4-6-8-22)27-11-12-28-26-10-9-23-17-25(36)13-15-30(23,2)29(26)14-16-31(27,28)3/h4-9,20-21,25-29,32,36H,10-19H2,1-3H3/t21-,25+,26+,27-,28+,29+,30+,31-/m1/s1. The van der Waals surface area contributed by atoms with Gasteiger partial charge in [-0.25, -0.2) is 4.68 Å². The lowest BCUT2D eigenvalue weighted by Crippen LogP contribution is -2.52. The zero-order valence-corrected chi connectivity index (χ0v) is 22.4. The Balaban J connectivity index is 1.10. The lowest BCUT2D eigenvalue weighted by atomic mass is 9.47. The van der Waals surface area contributed by atoms with Crippen LogP contribution in [-0.4, -0.2) is 32.2 Å². The first-order chi connectivity index (χ1) is 17.4. The molecule has 5 nitrogen and oxygen atoms in total. The molecule has 8 atom stereocenters. The maximum absolute atomic E-state index is 10.3. The number of allylic oxidation sites excluding steroid dienone is 1. The second-order valence-corrected chi connectivity index (χ2v) is 12.9. The summed E-state index contributed by atoms with van der Waals surface area (Å²) < 4.78 is 1.95. The fraction of sp³-hybridized carbons (Fsp3) is 0.677. The minimum Gasteiger partial charge on any atom is -0.393 e. The SMILES string of the molecule is C[C@@H](NCc1cn(Cc2ccccc2)nn1)[C@H]1CC[C@H]2[C@@H]3CC=C4C[C@@H](O)CC[C@]4(C)[C@H]3CC[C@]12C. The highest BCUT2D eigenvalue weighted by molar-refractivity contribution is 5.25. The molecule has 1 aromatic carbocycles. The molecule has 0 radical (unpaired) electrons. The fourth-order valence-electron chi connectivity index (χ4n) is 9.18. The first kappa shape index (κ1) is 24.4. The number of fused-ring (bicyclic) bond motifs is 5. The molecule has 6 rings (SSSR count). The van der Waals surface area contributed by atoms with E-state index >= 15 is 0 Å². The summed E-state index contributed by atoms with van der Waals surface area (Å²) in [6.45, 7) is 9.10. The maximum atomic E-state index is 10.3. The highest BCUT2D eigenvalue weighted by Crippen LogP contribution is 2.66. The summed E-state index contributed by atoms with van der Waals surface area (Å²) in [7, 11) is 0.